The Hall–Kier alpha value is -1.03. The minimum absolute atomic E-state index is 0.267. The monoisotopic (exact) mass is 382 g/mol. The van der Waals surface area contributed by atoms with Gasteiger partial charge in [-0.3, -0.25) is 0 Å². The summed E-state index contributed by atoms with van der Waals surface area (Å²) < 4.78 is 4.76. The van der Waals surface area contributed by atoms with Gasteiger partial charge in [0.2, 0.25) is 0 Å². The van der Waals surface area contributed by atoms with Crippen molar-refractivity contribution in [1.29, 1.82) is 0 Å². The minimum Gasteiger partial charge on any atom is -0.466 e. The van der Waals surface area contributed by atoms with E-state index < -0.39 is 0 Å². The zero-order valence-electron chi connectivity index (χ0n) is 18.7. The van der Waals surface area contributed by atoms with E-state index in [0.29, 0.717) is 0 Å². The third-order valence-corrected chi connectivity index (χ3v) is 4.95. The van der Waals surface area contributed by atoms with Crippen molar-refractivity contribution in [2.45, 2.75) is 96.8 Å². The smallest absolute Gasteiger partial charge is 0.332 e. The average molecular weight is 383 g/mol. The van der Waals surface area contributed by atoms with Crippen molar-refractivity contribution >= 4 is 5.97 Å². The maximum absolute atomic E-state index is 11.5. The first-order chi connectivity index (χ1) is 13.1. The lowest BCUT2D eigenvalue weighted by atomic mass is 10.0. The van der Waals surface area contributed by atoms with Gasteiger partial charge in [0.05, 0.1) is 7.11 Å². The lowest BCUT2D eigenvalue weighted by Gasteiger charge is -2.14. The van der Waals surface area contributed by atoms with E-state index in [1.165, 1.54) is 84.2 Å². The molecule has 0 aromatic carbocycles. The third kappa shape index (κ3) is 19.5. The van der Waals surface area contributed by atoms with Gasteiger partial charge in [-0.15, -0.1) is 0 Å². The molecule has 0 aliphatic carbocycles. The van der Waals surface area contributed by atoms with Crippen molar-refractivity contribution in [3.63, 3.8) is 0 Å². The fourth-order valence-corrected chi connectivity index (χ4v) is 3.19. The SMILES string of the molecule is CCCCCCCCCCCCCCC/C(=C/C(=O)OC)NCCN(C)C. The number of carbonyl (C=O) groups excluding carboxylic acids is 1. The van der Waals surface area contributed by atoms with E-state index in [1.54, 1.807) is 6.08 Å². The summed E-state index contributed by atoms with van der Waals surface area (Å²) in [6, 6.07) is 0. The molecule has 0 rings (SSSR count). The van der Waals surface area contributed by atoms with Crippen LogP contribution in [-0.2, 0) is 9.53 Å². The van der Waals surface area contributed by atoms with Gasteiger partial charge in [0.1, 0.15) is 0 Å². The molecular formula is C23H46N2O2. The fourth-order valence-electron chi connectivity index (χ4n) is 3.19. The number of esters is 1. The van der Waals surface area contributed by atoms with Crippen LogP contribution in [0.4, 0.5) is 0 Å². The predicted octanol–water partition coefficient (Wildman–Crippen LogP) is 5.68. The van der Waals surface area contributed by atoms with Gasteiger partial charge in [0.25, 0.3) is 0 Å². The number of carbonyl (C=O) groups is 1. The van der Waals surface area contributed by atoms with Crippen LogP contribution in [0.3, 0.4) is 0 Å². The molecule has 1 N–H and O–H groups in total. The molecule has 160 valence electrons. The number of nitrogens with one attached hydrogen (secondary N) is 1. The lowest BCUT2D eigenvalue weighted by Crippen LogP contribution is -2.26. The fraction of sp³-hybridized carbons (Fsp3) is 0.870. The Kier molecular flexibility index (Phi) is 19.0. The summed E-state index contributed by atoms with van der Waals surface area (Å²) in [6.07, 6.45) is 20.2. The molecule has 0 bridgehead atoms. The van der Waals surface area contributed by atoms with Crippen molar-refractivity contribution in [2.75, 3.05) is 34.3 Å². The number of unbranched alkanes of at least 4 members (excludes halogenated alkanes) is 12. The summed E-state index contributed by atoms with van der Waals surface area (Å²) in [5, 5.41) is 3.38. The maximum atomic E-state index is 11.5. The zero-order valence-corrected chi connectivity index (χ0v) is 18.7. The molecule has 0 aliphatic heterocycles. The summed E-state index contributed by atoms with van der Waals surface area (Å²) in [6.45, 7) is 4.09. The average Bonchev–Trinajstić information content (AvgIpc) is 2.64. The topological polar surface area (TPSA) is 41.6 Å². The van der Waals surface area contributed by atoms with Gasteiger partial charge in [-0.2, -0.15) is 0 Å². The Labute approximate surface area is 169 Å². The highest BCUT2D eigenvalue weighted by Crippen LogP contribution is 2.14. The van der Waals surface area contributed by atoms with Crippen molar-refractivity contribution in [3.8, 4) is 0 Å². The van der Waals surface area contributed by atoms with Crippen LogP contribution in [0.1, 0.15) is 96.8 Å². The molecule has 0 atom stereocenters. The zero-order chi connectivity index (χ0) is 20.2. The van der Waals surface area contributed by atoms with Gasteiger partial charge >= 0.3 is 5.97 Å². The van der Waals surface area contributed by atoms with Gasteiger partial charge in [-0.25, -0.2) is 4.79 Å². The van der Waals surface area contributed by atoms with Crippen LogP contribution in [0.2, 0.25) is 0 Å². The number of nitrogens with zero attached hydrogens (tertiary/aromatic N) is 1. The molecule has 0 amide bonds. The first kappa shape index (κ1) is 26.0. The third-order valence-electron chi connectivity index (χ3n) is 4.95. The molecular weight excluding hydrogens is 336 g/mol. The predicted molar refractivity (Wildman–Crippen MR) is 117 cm³/mol. The first-order valence-corrected chi connectivity index (χ1v) is 11.3. The molecule has 0 aromatic rings. The lowest BCUT2D eigenvalue weighted by molar-refractivity contribution is -0.134. The van der Waals surface area contributed by atoms with Crippen LogP contribution in [0.5, 0.6) is 0 Å². The van der Waals surface area contributed by atoms with Crippen LogP contribution in [-0.4, -0.2) is 45.2 Å². The van der Waals surface area contributed by atoms with Gasteiger partial charge in [0.15, 0.2) is 0 Å². The van der Waals surface area contributed by atoms with Gasteiger partial charge in [-0.1, -0.05) is 84.0 Å². The summed E-state index contributed by atoms with van der Waals surface area (Å²) in [4.78, 5) is 13.6. The second-order valence-electron chi connectivity index (χ2n) is 7.92. The van der Waals surface area contributed by atoms with E-state index in [4.69, 9.17) is 4.74 Å². The summed E-state index contributed by atoms with van der Waals surface area (Å²) in [5.74, 6) is -0.267. The number of likely N-dealkylation sites (N-methyl/N-ethyl adjacent to an activating group) is 1. The molecule has 0 saturated carbocycles. The van der Waals surface area contributed by atoms with Crippen molar-refractivity contribution in [1.82, 2.24) is 10.2 Å². The minimum atomic E-state index is -0.267. The standard InChI is InChI=1S/C23H46N2O2/c1-5-6-7-8-9-10-11-12-13-14-15-16-17-18-22(21-23(26)27-4)24-19-20-25(2)3/h21,24H,5-20H2,1-4H3/b22-21-. The number of allylic oxidation sites excluding steroid dienone is 1. The molecule has 0 aliphatic rings. The molecule has 0 unspecified atom stereocenters. The van der Waals surface area contributed by atoms with E-state index in [9.17, 15) is 4.79 Å². The van der Waals surface area contributed by atoms with Gasteiger partial charge in [0, 0.05) is 24.9 Å². The number of methoxy groups -OCH3 is 1. The molecule has 0 spiro atoms. The van der Waals surface area contributed by atoms with E-state index in [-0.39, 0.29) is 5.97 Å². The second kappa shape index (κ2) is 19.7. The number of ether oxygens (including phenoxy) is 1. The van der Waals surface area contributed by atoms with Crippen molar-refractivity contribution in [3.05, 3.63) is 11.8 Å². The number of hydrogen-bond donors (Lipinski definition) is 1. The number of hydrogen-bond acceptors (Lipinski definition) is 4. The quantitative estimate of drug-likeness (QED) is 0.177. The molecule has 4 nitrogen and oxygen atoms in total. The summed E-state index contributed by atoms with van der Waals surface area (Å²) >= 11 is 0. The van der Waals surface area contributed by atoms with E-state index >= 15 is 0 Å². The van der Waals surface area contributed by atoms with Gasteiger partial charge in [-0.05, 0) is 26.9 Å². The summed E-state index contributed by atoms with van der Waals surface area (Å²) in [7, 11) is 5.54. The molecule has 0 heterocycles. The van der Waals surface area contributed by atoms with Crippen LogP contribution < -0.4 is 5.32 Å². The van der Waals surface area contributed by atoms with Gasteiger partial charge < -0.3 is 15.0 Å². The van der Waals surface area contributed by atoms with E-state index in [0.717, 1.165) is 31.6 Å². The molecule has 4 heteroatoms. The second-order valence-corrected chi connectivity index (χ2v) is 7.92. The van der Waals surface area contributed by atoms with Crippen LogP contribution in [0, 0.1) is 0 Å². The number of rotatable bonds is 19. The van der Waals surface area contributed by atoms with E-state index in [1.807, 2.05) is 0 Å². The normalized spacial score (nSPS) is 11.8. The van der Waals surface area contributed by atoms with Crippen LogP contribution in [0.25, 0.3) is 0 Å². The Morgan fingerprint density at radius 1 is 0.852 bits per heavy atom. The van der Waals surface area contributed by atoms with Crippen molar-refractivity contribution in [2.24, 2.45) is 0 Å². The Balaban J connectivity index is 3.64. The Morgan fingerprint density at radius 3 is 1.78 bits per heavy atom. The largest absolute Gasteiger partial charge is 0.466 e. The highest BCUT2D eigenvalue weighted by atomic mass is 16.5. The summed E-state index contributed by atoms with van der Waals surface area (Å²) in [5.41, 5.74) is 1.01. The molecule has 0 aromatic heterocycles. The maximum Gasteiger partial charge on any atom is 0.332 e. The first-order valence-electron chi connectivity index (χ1n) is 11.3. The Morgan fingerprint density at radius 2 is 1.33 bits per heavy atom. The molecule has 0 fully saturated rings. The van der Waals surface area contributed by atoms with Crippen LogP contribution >= 0.6 is 0 Å². The highest BCUT2D eigenvalue weighted by molar-refractivity contribution is 5.82. The van der Waals surface area contributed by atoms with E-state index in [2.05, 4.69) is 31.2 Å². The molecule has 0 radical (unpaired) electrons. The Bertz CT molecular complexity index is 367. The van der Waals surface area contributed by atoms with Crippen LogP contribution in [0.15, 0.2) is 11.8 Å². The molecule has 27 heavy (non-hydrogen) atoms. The molecule has 0 saturated heterocycles. The van der Waals surface area contributed by atoms with Crippen molar-refractivity contribution < 1.29 is 9.53 Å². The highest BCUT2D eigenvalue weighted by Gasteiger charge is 2.03.